The number of rotatable bonds is 9. The Kier molecular flexibility index (Phi) is 8.00. The van der Waals surface area contributed by atoms with Gasteiger partial charge in [-0.2, -0.15) is 0 Å². The van der Waals surface area contributed by atoms with Gasteiger partial charge in [-0.3, -0.25) is 9.59 Å². The molecule has 0 fully saturated rings. The number of fused-ring (bicyclic) bond motifs is 1. The molecule has 1 aliphatic rings. The normalized spacial score (nSPS) is 13.4. The Bertz CT molecular complexity index is 1330. The molecule has 190 valence electrons. The van der Waals surface area contributed by atoms with Crippen molar-refractivity contribution in [3.63, 3.8) is 0 Å². The van der Waals surface area contributed by atoms with Gasteiger partial charge >= 0.3 is 5.97 Å². The highest BCUT2D eigenvalue weighted by molar-refractivity contribution is 6.37. The van der Waals surface area contributed by atoms with Gasteiger partial charge in [-0.15, -0.1) is 0 Å². The van der Waals surface area contributed by atoms with Crippen molar-refractivity contribution < 1.29 is 19.1 Å². The predicted molar refractivity (Wildman–Crippen MR) is 146 cm³/mol. The first kappa shape index (κ1) is 25.7. The van der Waals surface area contributed by atoms with Gasteiger partial charge in [-0.05, 0) is 55.4 Å². The standard InChI is InChI=1S/C29H30N4O4/c1-4-30-18-25(34)33(3)22-14-12-21(13-15-22)31-27(19-9-7-6-8-10-19)26-23-16-11-20(29(36)37-5-2)17-24(23)32-28(26)35/h6-17,30-31H,4-5,18H2,1-3H3,(H,32,35). The lowest BCUT2D eigenvalue weighted by atomic mass is 9.99. The van der Waals surface area contributed by atoms with Crippen LogP contribution in [0.15, 0.2) is 72.8 Å². The first-order valence-corrected chi connectivity index (χ1v) is 12.2. The largest absolute Gasteiger partial charge is 0.462 e. The minimum absolute atomic E-state index is 0.0314. The molecule has 2 amide bonds. The number of ether oxygens (including phenoxy) is 1. The molecule has 3 aromatic carbocycles. The van der Waals surface area contributed by atoms with Crippen LogP contribution in [0.5, 0.6) is 0 Å². The van der Waals surface area contributed by atoms with Gasteiger partial charge < -0.3 is 25.6 Å². The number of hydrogen-bond donors (Lipinski definition) is 3. The van der Waals surface area contributed by atoms with Gasteiger partial charge in [-0.25, -0.2) is 4.79 Å². The Morgan fingerprint density at radius 2 is 1.68 bits per heavy atom. The van der Waals surface area contributed by atoms with Crippen molar-refractivity contribution in [2.45, 2.75) is 13.8 Å². The number of hydrogen-bond acceptors (Lipinski definition) is 6. The van der Waals surface area contributed by atoms with Gasteiger partial charge in [0.05, 0.1) is 35.7 Å². The molecule has 0 saturated carbocycles. The third-order valence-electron chi connectivity index (χ3n) is 6.01. The molecular weight excluding hydrogens is 468 g/mol. The molecular formula is C29H30N4O4. The Balaban J connectivity index is 1.69. The van der Waals surface area contributed by atoms with Crippen molar-refractivity contribution in [1.29, 1.82) is 0 Å². The molecule has 37 heavy (non-hydrogen) atoms. The van der Waals surface area contributed by atoms with Crippen molar-refractivity contribution in [3.05, 3.63) is 89.5 Å². The van der Waals surface area contributed by atoms with Gasteiger partial charge in [0.2, 0.25) is 5.91 Å². The van der Waals surface area contributed by atoms with Crippen LogP contribution in [0.3, 0.4) is 0 Å². The van der Waals surface area contributed by atoms with Crippen molar-refractivity contribution in [3.8, 4) is 0 Å². The summed E-state index contributed by atoms with van der Waals surface area (Å²) >= 11 is 0. The fraction of sp³-hybridized carbons (Fsp3) is 0.207. The average molecular weight is 499 g/mol. The number of esters is 1. The van der Waals surface area contributed by atoms with Crippen LogP contribution in [0.4, 0.5) is 17.1 Å². The minimum Gasteiger partial charge on any atom is -0.462 e. The number of carbonyl (C=O) groups is 3. The summed E-state index contributed by atoms with van der Waals surface area (Å²) in [5.74, 6) is -0.740. The second kappa shape index (κ2) is 11.5. The molecule has 0 atom stereocenters. The lowest BCUT2D eigenvalue weighted by Gasteiger charge is -2.19. The van der Waals surface area contributed by atoms with E-state index in [1.165, 1.54) is 0 Å². The van der Waals surface area contributed by atoms with Crippen LogP contribution in [0.1, 0.15) is 35.3 Å². The zero-order valence-electron chi connectivity index (χ0n) is 21.1. The molecule has 0 radical (unpaired) electrons. The van der Waals surface area contributed by atoms with E-state index in [1.807, 2.05) is 61.5 Å². The monoisotopic (exact) mass is 498 g/mol. The summed E-state index contributed by atoms with van der Waals surface area (Å²) in [6.45, 7) is 4.96. The molecule has 1 heterocycles. The lowest BCUT2D eigenvalue weighted by molar-refractivity contribution is -0.117. The smallest absolute Gasteiger partial charge is 0.338 e. The molecule has 3 aromatic rings. The summed E-state index contributed by atoms with van der Waals surface area (Å²) in [5, 5.41) is 9.33. The van der Waals surface area contributed by atoms with E-state index in [1.54, 1.807) is 37.1 Å². The average Bonchev–Trinajstić information content (AvgIpc) is 3.25. The highest BCUT2D eigenvalue weighted by Gasteiger charge is 2.29. The Hall–Kier alpha value is -4.43. The van der Waals surface area contributed by atoms with Crippen LogP contribution < -0.4 is 20.9 Å². The first-order chi connectivity index (χ1) is 17.9. The van der Waals surface area contributed by atoms with E-state index in [2.05, 4.69) is 16.0 Å². The quantitative estimate of drug-likeness (QED) is 0.299. The van der Waals surface area contributed by atoms with E-state index in [4.69, 9.17) is 4.74 Å². The predicted octanol–water partition coefficient (Wildman–Crippen LogP) is 4.37. The van der Waals surface area contributed by atoms with Crippen LogP contribution in [0.2, 0.25) is 0 Å². The van der Waals surface area contributed by atoms with Crippen LogP contribution in [-0.2, 0) is 14.3 Å². The molecule has 0 aromatic heterocycles. The first-order valence-electron chi connectivity index (χ1n) is 12.2. The molecule has 1 aliphatic heterocycles. The van der Waals surface area contributed by atoms with Crippen molar-refractivity contribution >= 4 is 46.1 Å². The van der Waals surface area contributed by atoms with Gasteiger partial charge in [-0.1, -0.05) is 43.3 Å². The topological polar surface area (TPSA) is 99.8 Å². The molecule has 3 N–H and O–H groups in total. The fourth-order valence-electron chi connectivity index (χ4n) is 4.05. The minimum atomic E-state index is -0.438. The zero-order chi connectivity index (χ0) is 26.4. The summed E-state index contributed by atoms with van der Waals surface area (Å²) in [4.78, 5) is 39.3. The van der Waals surface area contributed by atoms with Crippen molar-refractivity contribution in [2.24, 2.45) is 0 Å². The van der Waals surface area contributed by atoms with Crippen LogP contribution in [0, 0.1) is 0 Å². The zero-order valence-corrected chi connectivity index (χ0v) is 21.1. The summed E-state index contributed by atoms with van der Waals surface area (Å²) < 4.78 is 5.09. The maximum Gasteiger partial charge on any atom is 0.338 e. The van der Waals surface area contributed by atoms with Crippen LogP contribution in [-0.4, -0.2) is 44.5 Å². The number of nitrogens with zero attached hydrogens (tertiary/aromatic N) is 1. The Morgan fingerprint density at radius 3 is 2.35 bits per heavy atom. The Morgan fingerprint density at radius 1 is 0.946 bits per heavy atom. The molecule has 4 rings (SSSR count). The number of anilines is 3. The molecule has 0 bridgehead atoms. The van der Waals surface area contributed by atoms with Crippen LogP contribution >= 0.6 is 0 Å². The van der Waals surface area contributed by atoms with E-state index in [-0.39, 0.29) is 25.0 Å². The highest BCUT2D eigenvalue weighted by atomic mass is 16.5. The maximum absolute atomic E-state index is 13.2. The molecule has 0 aliphatic carbocycles. The van der Waals surface area contributed by atoms with Gasteiger partial charge in [0.1, 0.15) is 0 Å². The summed E-state index contributed by atoms with van der Waals surface area (Å²) in [7, 11) is 1.74. The van der Waals surface area contributed by atoms with Gasteiger partial charge in [0.25, 0.3) is 5.91 Å². The van der Waals surface area contributed by atoms with Gasteiger partial charge in [0.15, 0.2) is 0 Å². The van der Waals surface area contributed by atoms with E-state index in [0.717, 1.165) is 23.5 Å². The maximum atomic E-state index is 13.2. The highest BCUT2D eigenvalue weighted by Crippen LogP contribution is 2.38. The lowest BCUT2D eigenvalue weighted by Crippen LogP contribution is -2.35. The van der Waals surface area contributed by atoms with E-state index >= 15 is 0 Å². The molecule has 8 heteroatoms. The molecule has 0 saturated heterocycles. The van der Waals surface area contributed by atoms with E-state index in [0.29, 0.717) is 28.1 Å². The Labute approximate surface area is 216 Å². The van der Waals surface area contributed by atoms with Crippen molar-refractivity contribution in [2.75, 3.05) is 42.3 Å². The molecule has 0 spiro atoms. The summed E-state index contributed by atoms with van der Waals surface area (Å²) in [6.07, 6.45) is 0. The number of benzene rings is 3. The second-order valence-electron chi connectivity index (χ2n) is 8.46. The summed E-state index contributed by atoms with van der Waals surface area (Å²) in [5.41, 5.74) is 5.07. The number of carbonyl (C=O) groups excluding carboxylic acids is 3. The third-order valence-corrected chi connectivity index (χ3v) is 6.01. The van der Waals surface area contributed by atoms with E-state index < -0.39 is 5.97 Å². The number of amides is 2. The number of likely N-dealkylation sites (N-methyl/N-ethyl adjacent to an activating group) is 2. The van der Waals surface area contributed by atoms with Gasteiger partial charge in [0, 0.05) is 24.0 Å². The summed E-state index contributed by atoms with van der Waals surface area (Å²) in [6, 6.07) is 22.1. The molecule has 8 nitrogen and oxygen atoms in total. The number of nitrogens with one attached hydrogen (secondary N) is 3. The molecule has 0 unspecified atom stereocenters. The van der Waals surface area contributed by atoms with Crippen LogP contribution in [0.25, 0.3) is 11.3 Å². The SMILES string of the molecule is CCNCC(=O)N(C)c1ccc(NC(=C2C(=O)Nc3cc(C(=O)OCC)ccc32)c2ccccc2)cc1. The van der Waals surface area contributed by atoms with E-state index in [9.17, 15) is 14.4 Å². The third kappa shape index (κ3) is 5.70. The second-order valence-corrected chi connectivity index (χ2v) is 8.46. The van der Waals surface area contributed by atoms with Crippen molar-refractivity contribution in [1.82, 2.24) is 5.32 Å². The fourth-order valence-corrected chi connectivity index (χ4v) is 4.05.